The van der Waals surface area contributed by atoms with Crippen LogP contribution < -0.4 is 0 Å². The molecule has 0 heterocycles. The molecule has 1 fully saturated rings. The molecule has 1 aliphatic carbocycles. The second kappa shape index (κ2) is 25.0. The average Bonchev–Trinajstić information content (AvgIpc) is 2.85. The van der Waals surface area contributed by atoms with Gasteiger partial charge in [-0.05, 0) is 44.9 Å². The van der Waals surface area contributed by atoms with Crippen molar-refractivity contribution in [2.75, 3.05) is 6.61 Å². The fourth-order valence-corrected chi connectivity index (χ4v) is 7.16. The minimum Gasteiger partial charge on any atom is -0.378 e. The van der Waals surface area contributed by atoms with E-state index in [9.17, 15) is 4.79 Å². The maximum Gasteiger partial charge on any atom is 0.198 e. The summed E-state index contributed by atoms with van der Waals surface area (Å²) in [5.74, 6) is 0. The molecule has 1 atom stereocenters. The van der Waals surface area contributed by atoms with E-state index < -0.39 is 0 Å². The largest absolute Gasteiger partial charge is 0.378 e. The fourth-order valence-electron chi connectivity index (χ4n) is 5.18. The summed E-state index contributed by atoms with van der Waals surface area (Å²) in [5.41, 5.74) is 0.348. The van der Waals surface area contributed by atoms with E-state index in [2.05, 4.69) is 19.6 Å². The number of hydrogen-bond acceptors (Lipinski definition) is 2. The van der Waals surface area contributed by atoms with E-state index in [1.54, 1.807) is 0 Å². The van der Waals surface area contributed by atoms with Crippen LogP contribution in [0.5, 0.6) is 0 Å². The summed E-state index contributed by atoms with van der Waals surface area (Å²) < 4.78 is 6.00. The van der Waals surface area contributed by atoms with Crippen molar-refractivity contribution in [3.05, 3.63) is 6.42 Å². The second-order valence-corrected chi connectivity index (χ2v) is 13.0. The zero-order valence-corrected chi connectivity index (χ0v) is 23.8. The lowest BCUT2D eigenvalue weighted by Crippen LogP contribution is -2.17. The van der Waals surface area contributed by atoms with Gasteiger partial charge in [-0.2, -0.15) is 0 Å². The molecule has 2 radical (unpaired) electrons. The van der Waals surface area contributed by atoms with Gasteiger partial charge < -0.3 is 4.74 Å². The number of rotatable bonds is 25. The Morgan fingerprint density at radius 2 is 1.24 bits per heavy atom. The molecule has 0 N–H and O–H groups in total. The molecule has 0 aliphatic heterocycles. The van der Waals surface area contributed by atoms with Gasteiger partial charge in [-0.3, -0.25) is 4.79 Å². The van der Waals surface area contributed by atoms with Crippen LogP contribution in [-0.2, 0) is 9.53 Å². The topological polar surface area (TPSA) is 26.3 Å². The van der Waals surface area contributed by atoms with Gasteiger partial charge in [0.1, 0.15) is 0 Å². The minimum atomic E-state index is -0.186. The van der Waals surface area contributed by atoms with Crippen molar-refractivity contribution in [3.8, 4) is 0 Å². The average molecular weight is 479 g/mol. The van der Waals surface area contributed by atoms with Crippen molar-refractivity contribution in [1.29, 1.82) is 0 Å². The molecule has 0 bridgehead atoms. The highest BCUT2D eigenvalue weighted by Crippen LogP contribution is 2.20. The van der Waals surface area contributed by atoms with Gasteiger partial charge in [0.05, 0.1) is 6.10 Å². The van der Waals surface area contributed by atoms with E-state index >= 15 is 0 Å². The maximum absolute atomic E-state index is 11.1. The molecule has 1 unspecified atom stereocenters. The predicted octanol–water partition coefficient (Wildman–Crippen LogP) is 9.07. The summed E-state index contributed by atoms with van der Waals surface area (Å²) >= 11 is 0. The highest BCUT2D eigenvalue weighted by Gasteiger charge is 2.13. The van der Waals surface area contributed by atoms with Crippen molar-refractivity contribution in [2.24, 2.45) is 0 Å². The molecule has 0 aromatic heterocycles. The molecule has 1 saturated carbocycles. The van der Waals surface area contributed by atoms with Crippen molar-refractivity contribution in [2.45, 2.75) is 172 Å². The Balaban J connectivity index is 1.69. The first kappa shape index (κ1) is 30.9. The van der Waals surface area contributed by atoms with Crippen molar-refractivity contribution in [3.63, 3.8) is 0 Å². The Kier molecular flexibility index (Phi) is 23.4. The first-order valence-corrected chi connectivity index (χ1v) is 17.0. The summed E-state index contributed by atoms with van der Waals surface area (Å²) in [6.07, 6.45) is 36.3. The Labute approximate surface area is 210 Å². The fraction of sp³-hybridized carbons (Fsp3) is 0.933. The third-order valence-corrected chi connectivity index (χ3v) is 9.69. The zero-order valence-electron chi connectivity index (χ0n) is 22.4. The zero-order chi connectivity index (χ0) is 23.7. The van der Waals surface area contributed by atoms with Crippen LogP contribution in [0.3, 0.4) is 0 Å². The number of ether oxygens (including phenoxy) is 1. The van der Waals surface area contributed by atoms with E-state index in [4.69, 9.17) is 4.74 Å². The van der Waals surface area contributed by atoms with E-state index in [0.717, 1.165) is 13.0 Å². The lowest BCUT2D eigenvalue weighted by atomic mass is 9.98. The molecule has 194 valence electrons. The van der Waals surface area contributed by atoms with Gasteiger partial charge in [0, 0.05) is 21.7 Å². The quantitative estimate of drug-likeness (QED) is 0.0965. The molecular weight excluding hydrogens is 420 g/mol. The molecule has 1 aliphatic rings. The Morgan fingerprint density at radius 1 is 0.758 bits per heavy atom. The molecule has 2 nitrogen and oxygen atoms in total. The van der Waals surface area contributed by atoms with E-state index in [1.165, 1.54) is 147 Å². The van der Waals surface area contributed by atoms with Crippen LogP contribution in [0.4, 0.5) is 0 Å². The Bertz CT molecular complexity index is 395. The summed E-state index contributed by atoms with van der Waals surface area (Å²) in [6.45, 7) is 3.23. The summed E-state index contributed by atoms with van der Waals surface area (Å²) in [6, 6.07) is 1.34. The first-order chi connectivity index (χ1) is 16.4. The van der Waals surface area contributed by atoms with E-state index in [-0.39, 0.29) is 9.52 Å². The van der Waals surface area contributed by atoms with Gasteiger partial charge in [0.25, 0.3) is 0 Å². The molecule has 3 heteroatoms. The third-order valence-electron chi connectivity index (χ3n) is 7.51. The van der Waals surface area contributed by atoms with Gasteiger partial charge in [0.2, 0.25) is 0 Å². The molecule has 0 aromatic carbocycles. The van der Waals surface area contributed by atoms with Crippen molar-refractivity contribution < 1.29 is 9.53 Å². The predicted molar refractivity (Wildman–Crippen MR) is 149 cm³/mol. The Morgan fingerprint density at radius 3 is 1.73 bits per heavy atom. The van der Waals surface area contributed by atoms with Gasteiger partial charge in [0.15, 0.2) is 6.29 Å². The number of unbranched alkanes of at least 4 members (excludes halogenated alkanes) is 16. The van der Waals surface area contributed by atoms with Gasteiger partial charge >= 0.3 is 0 Å². The molecule has 0 saturated heterocycles. The van der Waals surface area contributed by atoms with Crippen LogP contribution in [0.2, 0.25) is 11.6 Å². The lowest BCUT2D eigenvalue weighted by molar-refractivity contribution is 0.0326. The normalized spacial score (nSPS) is 16.0. The molecule has 0 spiro atoms. The van der Waals surface area contributed by atoms with Crippen LogP contribution in [0, 0.1) is 6.42 Å². The van der Waals surface area contributed by atoms with E-state index in [0.29, 0.717) is 11.6 Å². The van der Waals surface area contributed by atoms with Gasteiger partial charge in [-0.15, -0.1) is 0 Å². The second-order valence-electron chi connectivity index (χ2n) is 10.7. The smallest absolute Gasteiger partial charge is 0.198 e. The Hall–Kier alpha value is -0.153. The summed E-state index contributed by atoms with van der Waals surface area (Å²) in [5, 5.41) is 0. The highest BCUT2D eigenvalue weighted by molar-refractivity contribution is 6.42. The van der Waals surface area contributed by atoms with Crippen LogP contribution >= 0.6 is 0 Å². The van der Waals surface area contributed by atoms with Crippen molar-refractivity contribution >= 4 is 15.8 Å². The highest BCUT2D eigenvalue weighted by atomic mass is 28.2. The first-order valence-electron chi connectivity index (χ1n) is 15.2. The summed E-state index contributed by atoms with van der Waals surface area (Å²) in [4.78, 5) is 11.1. The number of hydrogen-bond donors (Lipinski definition) is 0. The molecule has 0 amide bonds. The van der Waals surface area contributed by atoms with Crippen LogP contribution in [0.15, 0.2) is 0 Å². The van der Waals surface area contributed by atoms with E-state index in [1.807, 2.05) is 0 Å². The van der Waals surface area contributed by atoms with Gasteiger partial charge in [-0.25, -0.2) is 0 Å². The molecule has 33 heavy (non-hydrogen) atoms. The standard InChI is InChI=1S/C30H58O2Si/c1-2-3-27-33-30(28-31)25-21-16-14-12-10-8-6-4-5-7-9-11-13-15-17-22-26-32-29-23-19-18-20-24-29/h18,29-30H,2-17,19-27,33H2,1H3. The monoisotopic (exact) mass is 478 g/mol. The SMILES string of the molecule is CCCC[SiH2]C([C]=O)CCCCCCCCCCCCCCCCCCOC1CC[CH]CC1. The minimum absolute atomic E-state index is 0.186. The van der Waals surface area contributed by atoms with Crippen LogP contribution in [0.1, 0.15) is 155 Å². The number of carbonyl (C=O) groups excluding carboxylic acids is 1. The third kappa shape index (κ3) is 20.9. The molecule has 0 aromatic rings. The van der Waals surface area contributed by atoms with Crippen molar-refractivity contribution in [1.82, 2.24) is 0 Å². The van der Waals surface area contributed by atoms with Crippen LogP contribution in [0.25, 0.3) is 0 Å². The van der Waals surface area contributed by atoms with Crippen LogP contribution in [-0.4, -0.2) is 28.5 Å². The van der Waals surface area contributed by atoms with Gasteiger partial charge in [-0.1, -0.05) is 122 Å². The molecule has 1 rings (SSSR count). The molecular formula is C30H58O2Si. The summed E-state index contributed by atoms with van der Waals surface area (Å²) in [7, 11) is -0.186. The lowest BCUT2D eigenvalue weighted by Gasteiger charge is -2.21. The maximum atomic E-state index is 11.1.